The lowest BCUT2D eigenvalue weighted by Gasteiger charge is -2.21. The van der Waals surface area contributed by atoms with Gasteiger partial charge in [-0.25, -0.2) is 9.97 Å². The molecule has 2 aliphatic rings. The summed E-state index contributed by atoms with van der Waals surface area (Å²) in [6.07, 6.45) is 8.15. The average Bonchev–Trinajstić information content (AvgIpc) is 2.77. The second kappa shape index (κ2) is 3.89. The molecule has 2 heterocycles. The number of rotatable bonds is 1. The highest BCUT2D eigenvalue weighted by molar-refractivity contribution is 5.23. The molecule has 1 atom stereocenters. The van der Waals surface area contributed by atoms with E-state index in [9.17, 15) is 0 Å². The van der Waals surface area contributed by atoms with Crippen molar-refractivity contribution in [2.24, 2.45) is 0 Å². The number of aryl methyl sites for hydroxylation is 2. The van der Waals surface area contributed by atoms with Gasteiger partial charge in [-0.2, -0.15) is 0 Å². The first-order valence-corrected chi connectivity index (χ1v) is 5.99. The van der Waals surface area contributed by atoms with E-state index in [0.717, 1.165) is 25.3 Å². The van der Waals surface area contributed by atoms with Crippen molar-refractivity contribution in [1.82, 2.24) is 15.3 Å². The summed E-state index contributed by atoms with van der Waals surface area (Å²) >= 11 is 0. The van der Waals surface area contributed by atoms with Crippen LogP contribution in [0.1, 0.15) is 42.3 Å². The molecule has 3 nitrogen and oxygen atoms in total. The highest BCUT2D eigenvalue weighted by Crippen LogP contribution is 2.24. The number of hydrogen-bond donors (Lipinski definition) is 1. The van der Waals surface area contributed by atoms with E-state index in [-0.39, 0.29) is 0 Å². The zero-order chi connectivity index (χ0) is 10.1. The molecule has 1 unspecified atom stereocenters. The second-order valence-electron chi connectivity index (χ2n) is 4.60. The lowest BCUT2D eigenvalue weighted by atomic mass is 9.99. The quantitative estimate of drug-likeness (QED) is 0.750. The van der Waals surface area contributed by atoms with Crippen LogP contribution in [0.5, 0.6) is 0 Å². The Morgan fingerprint density at radius 3 is 3.13 bits per heavy atom. The van der Waals surface area contributed by atoms with Crippen LogP contribution < -0.4 is 5.32 Å². The third kappa shape index (κ3) is 1.76. The molecule has 1 aromatic rings. The number of nitrogens with zero attached hydrogens (tertiary/aromatic N) is 2. The standard InChI is InChI=1S/C12H17N3/c1-3-9-8-14-12(15-11(9)5-1)10-4-2-6-13-7-10/h8,10,13H,1-7H2. The minimum atomic E-state index is 0.546. The molecule has 1 N–H and O–H groups in total. The highest BCUT2D eigenvalue weighted by atomic mass is 14.9. The van der Waals surface area contributed by atoms with Crippen molar-refractivity contribution in [2.45, 2.75) is 38.0 Å². The molecule has 0 spiro atoms. The average molecular weight is 203 g/mol. The summed E-state index contributed by atoms with van der Waals surface area (Å²) in [7, 11) is 0. The van der Waals surface area contributed by atoms with Gasteiger partial charge in [0.05, 0.1) is 0 Å². The Bertz CT molecular complexity index is 356. The van der Waals surface area contributed by atoms with Gasteiger partial charge in [-0.3, -0.25) is 0 Å². The molecule has 1 saturated heterocycles. The number of hydrogen-bond acceptors (Lipinski definition) is 3. The fourth-order valence-corrected chi connectivity index (χ4v) is 2.60. The van der Waals surface area contributed by atoms with E-state index in [0.29, 0.717) is 5.92 Å². The maximum Gasteiger partial charge on any atom is 0.132 e. The molecule has 1 fully saturated rings. The summed E-state index contributed by atoms with van der Waals surface area (Å²) in [6, 6.07) is 0. The molecule has 0 bridgehead atoms. The van der Waals surface area contributed by atoms with Crippen LogP contribution in [0, 0.1) is 0 Å². The van der Waals surface area contributed by atoms with E-state index in [2.05, 4.69) is 16.5 Å². The molecule has 0 saturated carbocycles. The van der Waals surface area contributed by atoms with Crippen LogP contribution in [0.4, 0.5) is 0 Å². The van der Waals surface area contributed by atoms with Gasteiger partial charge in [0, 0.05) is 24.4 Å². The van der Waals surface area contributed by atoms with E-state index in [1.807, 2.05) is 0 Å². The summed E-state index contributed by atoms with van der Waals surface area (Å²) in [5, 5.41) is 3.42. The zero-order valence-corrected chi connectivity index (χ0v) is 9.00. The first-order chi connectivity index (χ1) is 7.43. The molecule has 1 aliphatic carbocycles. The Balaban J connectivity index is 1.85. The van der Waals surface area contributed by atoms with E-state index < -0.39 is 0 Å². The summed E-state index contributed by atoms with van der Waals surface area (Å²) in [5.41, 5.74) is 2.69. The van der Waals surface area contributed by atoms with Gasteiger partial charge in [0.25, 0.3) is 0 Å². The number of aromatic nitrogens is 2. The molecular weight excluding hydrogens is 186 g/mol. The van der Waals surface area contributed by atoms with Gasteiger partial charge in [0.1, 0.15) is 5.82 Å². The first-order valence-electron chi connectivity index (χ1n) is 5.99. The molecule has 0 amide bonds. The maximum absolute atomic E-state index is 4.73. The first kappa shape index (κ1) is 9.28. The van der Waals surface area contributed by atoms with Crippen molar-refractivity contribution < 1.29 is 0 Å². The minimum absolute atomic E-state index is 0.546. The summed E-state index contributed by atoms with van der Waals surface area (Å²) < 4.78 is 0. The molecule has 0 radical (unpaired) electrons. The van der Waals surface area contributed by atoms with Crippen LogP contribution >= 0.6 is 0 Å². The molecule has 1 aliphatic heterocycles. The van der Waals surface area contributed by atoms with Crippen molar-refractivity contribution in [3.05, 3.63) is 23.3 Å². The summed E-state index contributed by atoms with van der Waals surface area (Å²) in [6.45, 7) is 2.21. The van der Waals surface area contributed by atoms with Gasteiger partial charge in [-0.15, -0.1) is 0 Å². The number of fused-ring (bicyclic) bond motifs is 1. The van der Waals surface area contributed by atoms with Crippen LogP contribution in [0.25, 0.3) is 0 Å². The van der Waals surface area contributed by atoms with E-state index in [4.69, 9.17) is 4.98 Å². The normalized spacial score (nSPS) is 25.2. The Labute approximate surface area is 90.3 Å². The number of nitrogens with one attached hydrogen (secondary N) is 1. The van der Waals surface area contributed by atoms with E-state index in [1.54, 1.807) is 0 Å². The third-order valence-corrected chi connectivity index (χ3v) is 3.49. The Morgan fingerprint density at radius 1 is 1.27 bits per heavy atom. The molecule has 3 heteroatoms. The van der Waals surface area contributed by atoms with Gasteiger partial charge in [-0.05, 0) is 44.2 Å². The molecule has 80 valence electrons. The fourth-order valence-electron chi connectivity index (χ4n) is 2.60. The molecule has 15 heavy (non-hydrogen) atoms. The third-order valence-electron chi connectivity index (χ3n) is 3.49. The van der Waals surface area contributed by atoms with E-state index in [1.165, 1.54) is 36.9 Å². The minimum Gasteiger partial charge on any atom is -0.316 e. The molecular formula is C12H17N3. The monoisotopic (exact) mass is 203 g/mol. The molecule has 1 aromatic heterocycles. The Kier molecular flexibility index (Phi) is 2.41. The van der Waals surface area contributed by atoms with Crippen LogP contribution in [0.15, 0.2) is 6.20 Å². The Hall–Kier alpha value is -0.960. The van der Waals surface area contributed by atoms with Gasteiger partial charge in [0.15, 0.2) is 0 Å². The smallest absolute Gasteiger partial charge is 0.132 e. The van der Waals surface area contributed by atoms with Crippen molar-refractivity contribution in [2.75, 3.05) is 13.1 Å². The predicted octanol–water partition coefficient (Wildman–Crippen LogP) is 1.43. The van der Waals surface area contributed by atoms with Crippen LogP contribution in [-0.4, -0.2) is 23.1 Å². The zero-order valence-electron chi connectivity index (χ0n) is 9.00. The Morgan fingerprint density at radius 2 is 2.27 bits per heavy atom. The van der Waals surface area contributed by atoms with Gasteiger partial charge in [0.2, 0.25) is 0 Å². The lowest BCUT2D eigenvalue weighted by molar-refractivity contribution is 0.445. The highest BCUT2D eigenvalue weighted by Gasteiger charge is 2.20. The second-order valence-corrected chi connectivity index (χ2v) is 4.60. The SMILES string of the molecule is c1nc(C2CCCNC2)nc2c1CCC2. The van der Waals surface area contributed by atoms with E-state index >= 15 is 0 Å². The van der Waals surface area contributed by atoms with Gasteiger partial charge in [-0.1, -0.05) is 0 Å². The lowest BCUT2D eigenvalue weighted by Crippen LogP contribution is -2.29. The van der Waals surface area contributed by atoms with Crippen LogP contribution in [-0.2, 0) is 12.8 Å². The van der Waals surface area contributed by atoms with Gasteiger partial charge < -0.3 is 5.32 Å². The topological polar surface area (TPSA) is 37.8 Å². The van der Waals surface area contributed by atoms with Crippen LogP contribution in [0.2, 0.25) is 0 Å². The number of piperidine rings is 1. The van der Waals surface area contributed by atoms with Crippen molar-refractivity contribution >= 4 is 0 Å². The maximum atomic E-state index is 4.73. The van der Waals surface area contributed by atoms with Crippen LogP contribution in [0.3, 0.4) is 0 Å². The van der Waals surface area contributed by atoms with Crippen molar-refractivity contribution in [1.29, 1.82) is 0 Å². The predicted molar refractivity (Wildman–Crippen MR) is 58.9 cm³/mol. The van der Waals surface area contributed by atoms with Gasteiger partial charge >= 0.3 is 0 Å². The summed E-state index contributed by atoms with van der Waals surface area (Å²) in [4.78, 5) is 9.25. The molecule has 3 rings (SSSR count). The summed E-state index contributed by atoms with van der Waals surface area (Å²) in [5.74, 6) is 1.62. The molecule has 0 aromatic carbocycles. The fraction of sp³-hybridized carbons (Fsp3) is 0.667. The van der Waals surface area contributed by atoms with Crippen molar-refractivity contribution in [3.63, 3.8) is 0 Å². The van der Waals surface area contributed by atoms with Crippen molar-refractivity contribution in [3.8, 4) is 0 Å². The largest absolute Gasteiger partial charge is 0.316 e.